The van der Waals surface area contributed by atoms with Crippen molar-refractivity contribution >= 4 is 0 Å². The molecule has 2 N–H and O–H groups in total. The van der Waals surface area contributed by atoms with Gasteiger partial charge < -0.3 is 9.84 Å². The van der Waals surface area contributed by atoms with Crippen LogP contribution >= 0.6 is 0 Å². The molecule has 1 aromatic heterocycles. The van der Waals surface area contributed by atoms with Crippen LogP contribution in [0.4, 0.5) is 0 Å². The molecule has 1 aliphatic rings. The van der Waals surface area contributed by atoms with Crippen LogP contribution in [0.3, 0.4) is 0 Å². The summed E-state index contributed by atoms with van der Waals surface area (Å²) >= 11 is 0. The molecule has 2 rings (SSSR count). The molecule has 0 radical (unpaired) electrons. The maximum atomic E-state index is 11.3. The molecule has 0 amide bonds. The van der Waals surface area contributed by atoms with Crippen molar-refractivity contribution in [3.63, 3.8) is 0 Å². The van der Waals surface area contributed by atoms with E-state index in [1.54, 1.807) is 0 Å². The summed E-state index contributed by atoms with van der Waals surface area (Å²) in [7, 11) is 0. The van der Waals surface area contributed by atoms with E-state index in [2.05, 4.69) is 4.98 Å². The second kappa shape index (κ2) is 3.39. The number of rotatable bonds is 1. The predicted octanol–water partition coefficient (Wildman–Crippen LogP) is -0.836. The minimum absolute atomic E-state index is 0.440. The van der Waals surface area contributed by atoms with Gasteiger partial charge in [-0.2, -0.15) is 0 Å². The molecule has 6 heteroatoms. The number of hydrogen-bond acceptors (Lipinski definition) is 4. The minimum Gasteiger partial charge on any atom is -0.368 e. The summed E-state index contributed by atoms with van der Waals surface area (Å²) < 4.78 is 6.33. The highest BCUT2D eigenvalue weighted by Crippen LogP contribution is 2.24. The number of nitrogens with one attached hydrogen (secondary N) is 1. The predicted molar refractivity (Wildman–Crippen MR) is 46.7 cm³/mol. The zero-order chi connectivity index (χ0) is 10.1. The Hall–Kier alpha value is -1.40. The van der Waals surface area contributed by atoms with E-state index < -0.39 is 23.8 Å². The summed E-state index contributed by atoms with van der Waals surface area (Å²) in [6, 6.07) is 1.25. The van der Waals surface area contributed by atoms with Gasteiger partial charge in [-0.15, -0.1) is 0 Å². The van der Waals surface area contributed by atoms with Gasteiger partial charge in [0.15, 0.2) is 6.29 Å². The molecule has 0 aliphatic carbocycles. The average molecular weight is 198 g/mol. The summed E-state index contributed by atoms with van der Waals surface area (Å²) in [6.07, 6.45) is 1.13. The Morgan fingerprint density at radius 2 is 2.29 bits per heavy atom. The van der Waals surface area contributed by atoms with Crippen LogP contribution in [0.5, 0.6) is 0 Å². The summed E-state index contributed by atoms with van der Waals surface area (Å²) in [4.78, 5) is 24.2. The zero-order valence-corrected chi connectivity index (χ0v) is 7.34. The normalized spacial score (nSPS) is 26.6. The first-order valence-electron chi connectivity index (χ1n) is 4.32. The first-order chi connectivity index (χ1) is 6.66. The van der Waals surface area contributed by atoms with E-state index in [-0.39, 0.29) is 0 Å². The molecule has 6 nitrogen and oxygen atoms in total. The molecule has 0 bridgehead atoms. The molecular formula is C8H10N2O4. The Bertz CT molecular complexity index is 435. The number of nitrogens with zero attached hydrogens (tertiary/aromatic N) is 1. The van der Waals surface area contributed by atoms with Crippen LogP contribution in [-0.4, -0.2) is 20.9 Å². The van der Waals surface area contributed by atoms with Gasteiger partial charge in [-0.1, -0.05) is 0 Å². The molecule has 14 heavy (non-hydrogen) atoms. The van der Waals surface area contributed by atoms with Gasteiger partial charge in [0.2, 0.25) is 0 Å². The Kier molecular flexibility index (Phi) is 2.22. The minimum atomic E-state index is -0.821. The van der Waals surface area contributed by atoms with E-state index >= 15 is 0 Å². The van der Waals surface area contributed by atoms with Crippen molar-refractivity contribution in [2.24, 2.45) is 0 Å². The van der Waals surface area contributed by atoms with Gasteiger partial charge >= 0.3 is 5.69 Å². The molecule has 0 spiro atoms. The highest BCUT2D eigenvalue weighted by atomic mass is 16.6. The summed E-state index contributed by atoms with van der Waals surface area (Å²) in [6.45, 7) is 0. The summed E-state index contributed by atoms with van der Waals surface area (Å²) in [5.74, 6) is 0. The van der Waals surface area contributed by atoms with Gasteiger partial charge in [-0.05, 0) is 6.42 Å². The fourth-order valence-electron chi connectivity index (χ4n) is 1.46. The molecule has 1 fully saturated rings. The fourth-order valence-corrected chi connectivity index (χ4v) is 1.46. The van der Waals surface area contributed by atoms with Crippen molar-refractivity contribution < 1.29 is 9.84 Å². The van der Waals surface area contributed by atoms with Crippen LogP contribution in [0.1, 0.15) is 19.1 Å². The fraction of sp³-hybridized carbons (Fsp3) is 0.500. The second-order valence-corrected chi connectivity index (χ2v) is 3.14. The molecular weight excluding hydrogens is 188 g/mol. The van der Waals surface area contributed by atoms with Gasteiger partial charge in [-0.3, -0.25) is 14.3 Å². The van der Waals surface area contributed by atoms with Crippen molar-refractivity contribution in [3.8, 4) is 0 Å². The third-order valence-electron chi connectivity index (χ3n) is 2.14. The maximum Gasteiger partial charge on any atom is 0.330 e. The average Bonchev–Trinajstić information content (AvgIpc) is 2.51. The molecule has 2 heterocycles. The molecule has 1 unspecified atom stereocenters. The lowest BCUT2D eigenvalue weighted by molar-refractivity contribution is -0.113. The van der Waals surface area contributed by atoms with Gasteiger partial charge in [-0.25, -0.2) is 4.79 Å². The third kappa shape index (κ3) is 1.61. The van der Waals surface area contributed by atoms with Crippen LogP contribution in [0.25, 0.3) is 0 Å². The summed E-state index contributed by atoms with van der Waals surface area (Å²) in [5.41, 5.74) is -0.957. The number of hydrogen-bond donors (Lipinski definition) is 2. The van der Waals surface area contributed by atoms with Crippen molar-refractivity contribution in [3.05, 3.63) is 33.1 Å². The number of ether oxygens (including phenoxy) is 1. The molecule has 2 atom stereocenters. The number of aromatic amines is 1. The second-order valence-electron chi connectivity index (χ2n) is 3.14. The standard InChI is InChI=1S/C8H10N2O4/c11-5-3-4-10(8(13)9-5)6-1-2-7(12)14-6/h3-4,6-7,12H,1-2H2,(H,9,11,13)/t6?,7-/m0/s1. The SMILES string of the molecule is O=c1ccn(C2CC[C@@H](O)O2)c(=O)[nH]1. The van der Waals surface area contributed by atoms with E-state index in [9.17, 15) is 9.59 Å². The quantitative estimate of drug-likeness (QED) is 0.616. The van der Waals surface area contributed by atoms with E-state index in [4.69, 9.17) is 9.84 Å². The van der Waals surface area contributed by atoms with Crippen LogP contribution in [-0.2, 0) is 4.74 Å². The Balaban J connectivity index is 2.33. The number of aliphatic hydroxyl groups excluding tert-OH is 1. The Morgan fingerprint density at radius 1 is 1.50 bits per heavy atom. The van der Waals surface area contributed by atoms with Crippen molar-refractivity contribution in [1.82, 2.24) is 9.55 Å². The maximum absolute atomic E-state index is 11.3. The molecule has 0 saturated carbocycles. The Morgan fingerprint density at radius 3 is 2.86 bits per heavy atom. The van der Waals surface area contributed by atoms with Gasteiger partial charge in [0.25, 0.3) is 5.56 Å². The lowest BCUT2D eigenvalue weighted by atomic mass is 10.3. The molecule has 1 aliphatic heterocycles. The van der Waals surface area contributed by atoms with Crippen LogP contribution in [0.2, 0.25) is 0 Å². The van der Waals surface area contributed by atoms with E-state index in [1.165, 1.54) is 16.8 Å². The van der Waals surface area contributed by atoms with Gasteiger partial charge in [0.1, 0.15) is 6.23 Å². The van der Waals surface area contributed by atoms with E-state index in [1.807, 2.05) is 0 Å². The molecule has 1 aromatic rings. The van der Waals surface area contributed by atoms with Crippen molar-refractivity contribution in [2.75, 3.05) is 0 Å². The summed E-state index contributed by atoms with van der Waals surface area (Å²) in [5, 5.41) is 9.10. The van der Waals surface area contributed by atoms with Gasteiger partial charge in [0.05, 0.1) is 0 Å². The van der Waals surface area contributed by atoms with Gasteiger partial charge in [0, 0.05) is 18.7 Å². The topological polar surface area (TPSA) is 84.3 Å². The highest BCUT2D eigenvalue weighted by Gasteiger charge is 2.25. The Labute approximate surface area is 78.8 Å². The first kappa shape index (κ1) is 9.17. The molecule has 0 aromatic carbocycles. The third-order valence-corrected chi connectivity index (χ3v) is 2.14. The number of aromatic nitrogens is 2. The largest absolute Gasteiger partial charge is 0.368 e. The van der Waals surface area contributed by atoms with Crippen LogP contribution in [0, 0.1) is 0 Å². The smallest absolute Gasteiger partial charge is 0.330 e. The monoisotopic (exact) mass is 198 g/mol. The van der Waals surface area contributed by atoms with Crippen LogP contribution in [0.15, 0.2) is 21.9 Å². The van der Waals surface area contributed by atoms with Crippen LogP contribution < -0.4 is 11.2 Å². The molecule has 1 saturated heterocycles. The van der Waals surface area contributed by atoms with E-state index in [0.29, 0.717) is 12.8 Å². The number of H-pyrrole nitrogens is 1. The molecule has 76 valence electrons. The van der Waals surface area contributed by atoms with Crippen molar-refractivity contribution in [1.29, 1.82) is 0 Å². The van der Waals surface area contributed by atoms with E-state index in [0.717, 1.165) is 0 Å². The highest BCUT2D eigenvalue weighted by molar-refractivity contribution is 4.85. The number of aliphatic hydroxyl groups is 1. The zero-order valence-electron chi connectivity index (χ0n) is 7.34. The first-order valence-corrected chi connectivity index (χ1v) is 4.32. The van der Waals surface area contributed by atoms with Crippen molar-refractivity contribution in [2.45, 2.75) is 25.4 Å². The lowest BCUT2D eigenvalue weighted by Crippen LogP contribution is -2.31. The lowest BCUT2D eigenvalue weighted by Gasteiger charge is -2.12.